The predicted molar refractivity (Wildman–Crippen MR) is 97.9 cm³/mol. The molecule has 1 amide bonds. The summed E-state index contributed by atoms with van der Waals surface area (Å²) in [5.74, 6) is -0.239. The van der Waals surface area contributed by atoms with E-state index < -0.39 is 5.54 Å². The highest BCUT2D eigenvalue weighted by Gasteiger charge is 2.29. The number of aliphatic hydroxyl groups excluding tert-OH is 2. The summed E-state index contributed by atoms with van der Waals surface area (Å²) in [6.07, 6.45) is 8.78. The molecule has 136 valence electrons. The van der Waals surface area contributed by atoms with Crippen molar-refractivity contribution in [2.45, 2.75) is 70.8 Å². The lowest BCUT2D eigenvalue weighted by molar-refractivity contribution is -0.122. The Morgan fingerprint density at radius 1 is 0.958 bits per heavy atom. The van der Waals surface area contributed by atoms with Crippen molar-refractivity contribution in [3.63, 3.8) is 0 Å². The van der Waals surface area contributed by atoms with Crippen molar-refractivity contribution in [1.29, 1.82) is 0 Å². The second-order valence-electron chi connectivity index (χ2n) is 6.76. The molecule has 0 heterocycles. The SMILES string of the molecule is CCCCCCCc1ccc(CCC(CO)(CO)NC(C)=O)cc1. The minimum Gasteiger partial charge on any atom is -0.394 e. The number of carbonyl (C=O) groups is 1. The van der Waals surface area contributed by atoms with Crippen LogP contribution in [0.25, 0.3) is 0 Å². The highest BCUT2D eigenvalue weighted by molar-refractivity contribution is 5.73. The number of nitrogens with one attached hydrogen (secondary N) is 1. The Bertz CT molecular complexity index is 466. The number of hydrogen-bond donors (Lipinski definition) is 3. The van der Waals surface area contributed by atoms with E-state index in [4.69, 9.17) is 0 Å². The van der Waals surface area contributed by atoms with E-state index in [1.54, 1.807) is 0 Å². The number of rotatable bonds is 12. The summed E-state index contributed by atoms with van der Waals surface area (Å²) in [5, 5.41) is 21.7. The van der Waals surface area contributed by atoms with Crippen LogP contribution in [0.4, 0.5) is 0 Å². The largest absolute Gasteiger partial charge is 0.394 e. The van der Waals surface area contributed by atoms with Gasteiger partial charge < -0.3 is 15.5 Å². The molecule has 24 heavy (non-hydrogen) atoms. The van der Waals surface area contributed by atoms with Gasteiger partial charge in [0.2, 0.25) is 5.91 Å². The lowest BCUT2D eigenvalue weighted by Crippen LogP contribution is -2.53. The van der Waals surface area contributed by atoms with E-state index in [-0.39, 0.29) is 19.1 Å². The smallest absolute Gasteiger partial charge is 0.217 e. The van der Waals surface area contributed by atoms with Crippen molar-refractivity contribution in [2.75, 3.05) is 13.2 Å². The summed E-state index contributed by atoms with van der Waals surface area (Å²) in [4.78, 5) is 11.3. The van der Waals surface area contributed by atoms with Crippen molar-refractivity contribution in [3.05, 3.63) is 35.4 Å². The monoisotopic (exact) mass is 335 g/mol. The Morgan fingerprint density at radius 2 is 1.50 bits per heavy atom. The van der Waals surface area contributed by atoms with Gasteiger partial charge >= 0.3 is 0 Å². The predicted octanol–water partition coefficient (Wildman–Crippen LogP) is 2.99. The fourth-order valence-electron chi connectivity index (χ4n) is 2.91. The van der Waals surface area contributed by atoms with Gasteiger partial charge in [-0.05, 0) is 36.8 Å². The molecule has 0 radical (unpaired) electrons. The molecule has 0 saturated heterocycles. The number of hydrogen-bond acceptors (Lipinski definition) is 3. The Morgan fingerprint density at radius 3 is 2.00 bits per heavy atom. The van der Waals surface area contributed by atoms with Gasteiger partial charge in [0.05, 0.1) is 18.8 Å². The zero-order valence-electron chi connectivity index (χ0n) is 15.2. The zero-order chi connectivity index (χ0) is 17.8. The molecule has 0 fully saturated rings. The molecule has 0 aliphatic carbocycles. The van der Waals surface area contributed by atoms with Crippen LogP contribution < -0.4 is 5.32 Å². The Balaban J connectivity index is 2.46. The normalized spacial score (nSPS) is 11.5. The molecular formula is C20H33NO3. The standard InChI is InChI=1S/C20H33NO3/c1-3-4-5-6-7-8-18-9-11-19(12-10-18)13-14-20(15-22,16-23)21-17(2)24/h9-12,22-23H,3-8,13-16H2,1-2H3,(H,21,24). The van der Waals surface area contributed by atoms with Crippen LogP contribution in [0.15, 0.2) is 24.3 Å². The average Bonchev–Trinajstić information content (AvgIpc) is 2.59. The van der Waals surface area contributed by atoms with Crippen LogP contribution in [-0.4, -0.2) is 34.9 Å². The van der Waals surface area contributed by atoms with Gasteiger partial charge in [-0.1, -0.05) is 56.9 Å². The third-order valence-electron chi connectivity index (χ3n) is 4.53. The highest BCUT2D eigenvalue weighted by Crippen LogP contribution is 2.16. The maximum Gasteiger partial charge on any atom is 0.217 e. The highest BCUT2D eigenvalue weighted by atomic mass is 16.3. The summed E-state index contributed by atoms with van der Waals surface area (Å²) >= 11 is 0. The van der Waals surface area contributed by atoms with Crippen molar-refractivity contribution in [3.8, 4) is 0 Å². The van der Waals surface area contributed by atoms with Gasteiger partial charge in [0.15, 0.2) is 0 Å². The molecule has 0 bridgehead atoms. The van der Waals surface area contributed by atoms with Gasteiger partial charge in [0, 0.05) is 6.92 Å². The van der Waals surface area contributed by atoms with Crippen molar-refractivity contribution in [1.82, 2.24) is 5.32 Å². The molecule has 4 heteroatoms. The number of aliphatic hydroxyl groups is 2. The molecule has 0 saturated carbocycles. The number of unbranched alkanes of at least 4 members (excludes halogenated alkanes) is 4. The molecule has 1 aromatic carbocycles. The number of aryl methyl sites for hydroxylation is 2. The van der Waals surface area contributed by atoms with E-state index in [2.05, 4.69) is 36.5 Å². The first-order valence-electron chi connectivity index (χ1n) is 9.13. The molecule has 4 nitrogen and oxygen atoms in total. The Kier molecular flexibility index (Phi) is 9.65. The van der Waals surface area contributed by atoms with E-state index in [9.17, 15) is 15.0 Å². The molecule has 3 N–H and O–H groups in total. The number of benzene rings is 1. The van der Waals surface area contributed by atoms with Crippen LogP contribution in [0.5, 0.6) is 0 Å². The van der Waals surface area contributed by atoms with E-state index in [1.807, 2.05) is 0 Å². The fourth-order valence-corrected chi connectivity index (χ4v) is 2.91. The third kappa shape index (κ3) is 7.45. The Hall–Kier alpha value is -1.39. The first-order valence-corrected chi connectivity index (χ1v) is 9.13. The maximum atomic E-state index is 11.3. The van der Waals surface area contributed by atoms with Crippen LogP contribution in [0.3, 0.4) is 0 Å². The van der Waals surface area contributed by atoms with Crippen molar-refractivity contribution < 1.29 is 15.0 Å². The summed E-state index contributed by atoms with van der Waals surface area (Å²) in [5.41, 5.74) is 1.57. The third-order valence-corrected chi connectivity index (χ3v) is 4.53. The average molecular weight is 335 g/mol. The summed E-state index contributed by atoms with van der Waals surface area (Å²) in [6, 6.07) is 8.53. The van der Waals surface area contributed by atoms with E-state index >= 15 is 0 Å². The van der Waals surface area contributed by atoms with Crippen LogP contribution >= 0.6 is 0 Å². The molecule has 0 aliphatic heterocycles. The molecule has 0 aromatic heterocycles. The molecule has 0 atom stereocenters. The molecule has 0 spiro atoms. The van der Waals surface area contributed by atoms with E-state index in [0.29, 0.717) is 12.8 Å². The molecule has 1 aromatic rings. The van der Waals surface area contributed by atoms with Crippen LogP contribution in [0.1, 0.15) is 63.5 Å². The number of carbonyl (C=O) groups excluding carboxylic acids is 1. The van der Waals surface area contributed by atoms with Crippen LogP contribution in [0.2, 0.25) is 0 Å². The summed E-state index contributed by atoms with van der Waals surface area (Å²) in [7, 11) is 0. The Labute approximate surface area is 146 Å². The molecule has 0 unspecified atom stereocenters. The van der Waals surface area contributed by atoms with Gasteiger partial charge in [0.1, 0.15) is 0 Å². The van der Waals surface area contributed by atoms with Gasteiger partial charge in [-0.3, -0.25) is 4.79 Å². The quantitative estimate of drug-likeness (QED) is 0.514. The summed E-state index contributed by atoms with van der Waals surface area (Å²) < 4.78 is 0. The van der Waals surface area contributed by atoms with E-state index in [0.717, 1.165) is 12.0 Å². The maximum absolute atomic E-state index is 11.3. The fraction of sp³-hybridized carbons (Fsp3) is 0.650. The first-order chi connectivity index (χ1) is 11.5. The molecular weight excluding hydrogens is 302 g/mol. The van der Waals surface area contributed by atoms with Crippen LogP contribution in [-0.2, 0) is 17.6 Å². The zero-order valence-corrected chi connectivity index (χ0v) is 15.2. The van der Waals surface area contributed by atoms with Crippen LogP contribution in [0, 0.1) is 0 Å². The van der Waals surface area contributed by atoms with Crippen molar-refractivity contribution in [2.24, 2.45) is 0 Å². The number of amides is 1. The second kappa shape index (κ2) is 11.2. The topological polar surface area (TPSA) is 69.6 Å². The molecule has 1 rings (SSSR count). The van der Waals surface area contributed by atoms with Gasteiger partial charge in [0.25, 0.3) is 0 Å². The second-order valence-corrected chi connectivity index (χ2v) is 6.76. The molecule has 0 aliphatic rings. The van der Waals surface area contributed by atoms with E-state index in [1.165, 1.54) is 44.6 Å². The summed E-state index contributed by atoms with van der Waals surface area (Å²) in [6.45, 7) is 3.10. The van der Waals surface area contributed by atoms with Gasteiger partial charge in [-0.2, -0.15) is 0 Å². The minimum atomic E-state index is -0.941. The van der Waals surface area contributed by atoms with Gasteiger partial charge in [-0.15, -0.1) is 0 Å². The first kappa shape index (κ1) is 20.7. The van der Waals surface area contributed by atoms with Crippen molar-refractivity contribution >= 4 is 5.91 Å². The minimum absolute atomic E-state index is 0.239. The van der Waals surface area contributed by atoms with Gasteiger partial charge in [-0.25, -0.2) is 0 Å². The lowest BCUT2D eigenvalue weighted by atomic mass is 9.92. The lowest BCUT2D eigenvalue weighted by Gasteiger charge is -2.30.